The van der Waals surface area contributed by atoms with Crippen LogP contribution < -0.4 is 0 Å². The van der Waals surface area contributed by atoms with Crippen LogP contribution in [0.5, 0.6) is 0 Å². The van der Waals surface area contributed by atoms with Crippen LogP contribution in [0.25, 0.3) is 0 Å². The predicted molar refractivity (Wildman–Crippen MR) is 14.6 cm³/mol. The van der Waals surface area contributed by atoms with Gasteiger partial charge in [-0.2, -0.15) is 4.63 Å². The van der Waals surface area contributed by atoms with Gasteiger partial charge in [-0.3, -0.25) is 0 Å². The molecule has 3 N–H and O–H groups in total. The molecule has 7 heteroatoms. The van der Waals surface area contributed by atoms with E-state index in [1.165, 1.54) is 0 Å². The smallest absolute Gasteiger partial charge is 0.366 e. The summed E-state index contributed by atoms with van der Waals surface area (Å²) >= 11 is 0. The Morgan fingerprint density at radius 1 is 1.29 bits per heavy atom. The molecule has 7 heavy (non-hydrogen) atoms. The van der Waals surface area contributed by atoms with Crippen molar-refractivity contribution in [2.45, 2.75) is 0 Å². The van der Waals surface area contributed by atoms with Gasteiger partial charge >= 0.3 is 9.05 Å². The van der Waals surface area contributed by atoms with Gasteiger partial charge in [0.05, 0.1) is 0 Å². The van der Waals surface area contributed by atoms with Crippen molar-refractivity contribution in [2.24, 2.45) is 0 Å². The molecule has 4 nitrogen and oxygen atoms in total. The SMILES string of the molecule is O[Si](O)(O)OF.[Ni]. The largest absolute Gasteiger partial charge is 0.703 e. The summed E-state index contributed by atoms with van der Waals surface area (Å²) in [5.41, 5.74) is 0. The van der Waals surface area contributed by atoms with E-state index in [0.29, 0.717) is 0 Å². The molecule has 0 fully saturated rings. The molecule has 0 radical (unpaired) electrons. The number of rotatable bonds is 1. The first-order valence-electron chi connectivity index (χ1n) is 1.03. The van der Waals surface area contributed by atoms with Crippen LogP contribution in [0.4, 0.5) is 4.53 Å². The monoisotopic (exact) mass is 172 g/mol. The quantitative estimate of drug-likeness (QED) is 0.413. The molecule has 0 saturated carbocycles. The van der Waals surface area contributed by atoms with E-state index in [1.54, 1.807) is 0 Å². The van der Waals surface area contributed by atoms with Crippen LogP contribution in [0.15, 0.2) is 0 Å². The number of halogens is 1. The molecule has 0 amide bonds. The van der Waals surface area contributed by atoms with Crippen molar-refractivity contribution in [1.29, 1.82) is 0 Å². The fourth-order valence-electron chi connectivity index (χ4n) is 0. The molecule has 0 bridgehead atoms. The molecule has 0 aromatic carbocycles. The Hall–Kier alpha value is 0.480. The molecular weight excluding hydrogens is 170 g/mol. The zero-order chi connectivity index (χ0) is 5.21. The van der Waals surface area contributed by atoms with Crippen LogP contribution in [0.2, 0.25) is 0 Å². The summed E-state index contributed by atoms with van der Waals surface area (Å²) in [7, 11) is -4.80. The zero-order valence-electron chi connectivity index (χ0n) is 2.94. The molecule has 0 aliphatic rings. The molecule has 0 aromatic rings. The summed E-state index contributed by atoms with van der Waals surface area (Å²) in [6.07, 6.45) is 0. The first-order valence-corrected chi connectivity index (χ1v) is 2.78. The Kier molecular flexibility index (Phi) is 5.20. The summed E-state index contributed by atoms with van der Waals surface area (Å²) in [6, 6.07) is 0. The molecule has 48 valence electrons. The topological polar surface area (TPSA) is 69.9 Å². The Labute approximate surface area is 49.9 Å². The fraction of sp³-hybridized carbons (Fsp3) is 0. The van der Waals surface area contributed by atoms with Crippen molar-refractivity contribution < 1.29 is 40.0 Å². The average Bonchev–Trinajstić information content (AvgIpc) is 1.35. The summed E-state index contributed by atoms with van der Waals surface area (Å²) in [5.74, 6) is 0. The van der Waals surface area contributed by atoms with E-state index in [0.717, 1.165) is 0 Å². The Balaban J connectivity index is 0. The fourth-order valence-corrected chi connectivity index (χ4v) is 0. The van der Waals surface area contributed by atoms with Crippen molar-refractivity contribution >= 4 is 9.05 Å². The summed E-state index contributed by atoms with van der Waals surface area (Å²) in [5, 5.41) is 0. The normalized spacial score (nSPS) is 10.3. The van der Waals surface area contributed by atoms with Gasteiger partial charge in [0, 0.05) is 16.5 Å². The van der Waals surface area contributed by atoms with Crippen molar-refractivity contribution in [1.82, 2.24) is 0 Å². The van der Waals surface area contributed by atoms with Crippen molar-refractivity contribution in [2.75, 3.05) is 0 Å². The first kappa shape index (κ1) is 10.5. The van der Waals surface area contributed by atoms with Crippen molar-refractivity contribution in [3.63, 3.8) is 0 Å². The third kappa shape index (κ3) is 10.7. The average molecular weight is 173 g/mol. The van der Waals surface area contributed by atoms with Gasteiger partial charge in [0.2, 0.25) is 0 Å². The predicted octanol–water partition coefficient (Wildman–Crippen LogP) is -1.70. The number of hydrogen-bond donors (Lipinski definition) is 3. The third-order valence-corrected chi connectivity index (χ3v) is 0.311. The van der Waals surface area contributed by atoms with Gasteiger partial charge in [0.15, 0.2) is 0 Å². The molecule has 0 aliphatic heterocycles. The summed E-state index contributed by atoms with van der Waals surface area (Å²) < 4.78 is 12.6. The van der Waals surface area contributed by atoms with Gasteiger partial charge in [-0.15, -0.1) is 0 Å². The Morgan fingerprint density at radius 3 is 1.43 bits per heavy atom. The minimum absolute atomic E-state index is 0. The minimum atomic E-state index is -4.80. The molecule has 0 saturated heterocycles. The van der Waals surface area contributed by atoms with Gasteiger partial charge in [0.25, 0.3) is 0 Å². The first-order chi connectivity index (χ1) is 2.56. The molecule has 0 heterocycles. The van der Waals surface area contributed by atoms with Crippen LogP contribution in [0.3, 0.4) is 0 Å². The molecule has 0 atom stereocenters. The molecule has 0 unspecified atom stereocenters. The van der Waals surface area contributed by atoms with E-state index < -0.39 is 9.05 Å². The van der Waals surface area contributed by atoms with E-state index in [9.17, 15) is 4.53 Å². The van der Waals surface area contributed by atoms with E-state index in [-0.39, 0.29) is 16.5 Å². The van der Waals surface area contributed by atoms with Crippen molar-refractivity contribution in [3.05, 3.63) is 0 Å². The minimum Gasteiger partial charge on any atom is -0.366 e. The Morgan fingerprint density at radius 2 is 1.43 bits per heavy atom. The van der Waals surface area contributed by atoms with E-state index >= 15 is 0 Å². The maximum atomic E-state index is 10.3. The van der Waals surface area contributed by atoms with Gasteiger partial charge in [0.1, 0.15) is 0 Å². The molecule has 0 rings (SSSR count). The van der Waals surface area contributed by atoms with Crippen LogP contribution >= 0.6 is 0 Å². The summed E-state index contributed by atoms with van der Waals surface area (Å²) in [6.45, 7) is 0. The van der Waals surface area contributed by atoms with E-state index in [2.05, 4.69) is 4.63 Å². The third-order valence-electron chi connectivity index (χ3n) is 0.104. The standard InChI is InChI=1S/FH3O4Si.Ni/c1-5-6(2,3)4;/h2-4H;. The second-order valence-corrected chi connectivity index (χ2v) is 1.95. The molecule has 0 aliphatic carbocycles. The second kappa shape index (κ2) is 3.48. The second-order valence-electron chi connectivity index (χ2n) is 0.651. The molecule has 0 aromatic heterocycles. The van der Waals surface area contributed by atoms with Gasteiger partial charge < -0.3 is 14.4 Å². The maximum Gasteiger partial charge on any atom is 0.703 e. The van der Waals surface area contributed by atoms with Crippen molar-refractivity contribution in [3.8, 4) is 0 Å². The van der Waals surface area contributed by atoms with Gasteiger partial charge in [-0.05, 0) is 0 Å². The van der Waals surface area contributed by atoms with E-state index in [1.807, 2.05) is 0 Å². The van der Waals surface area contributed by atoms with Crippen LogP contribution in [0, 0.1) is 0 Å². The molecular formula is H3FNiO4Si. The molecule has 0 spiro atoms. The van der Waals surface area contributed by atoms with Crippen LogP contribution in [-0.4, -0.2) is 23.4 Å². The van der Waals surface area contributed by atoms with Crippen LogP contribution in [0.1, 0.15) is 0 Å². The summed E-state index contributed by atoms with van der Waals surface area (Å²) in [4.78, 5) is 22.4. The van der Waals surface area contributed by atoms with Gasteiger partial charge in [-0.1, -0.05) is 4.53 Å². The number of hydrogen-bond acceptors (Lipinski definition) is 4. The zero-order valence-corrected chi connectivity index (χ0v) is 4.93. The van der Waals surface area contributed by atoms with E-state index in [4.69, 9.17) is 14.4 Å². The maximum absolute atomic E-state index is 10.3. The van der Waals surface area contributed by atoms with Crippen LogP contribution in [-0.2, 0) is 21.1 Å². The Bertz CT molecular complexity index is 41.4. The van der Waals surface area contributed by atoms with Gasteiger partial charge in [-0.25, -0.2) is 0 Å².